The maximum Gasteiger partial charge on any atom is 0.390 e. The lowest BCUT2D eigenvalue weighted by atomic mass is 10.3. The summed E-state index contributed by atoms with van der Waals surface area (Å²) >= 11 is 0. The van der Waals surface area contributed by atoms with E-state index in [0.29, 0.717) is 12.2 Å². The third-order valence-corrected chi connectivity index (χ3v) is 3.96. The molecule has 0 aliphatic rings. The Kier molecular flexibility index (Phi) is 5.82. The molecule has 8 heteroatoms. The van der Waals surface area contributed by atoms with Crippen LogP contribution in [0.5, 0.6) is 0 Å². The van der Waals surface area contributed by atoms with Gasteiger partial charge in [0.1, 0.15) is 4.90 Å². The van der Waals surface area contributed by atoms with Crippen molar-refractivity contribution in [3.05, 3.63) is 24.3 Å². The average Bonchev–Trinajstić information content (AvgIpc) is 2.34. The van der Waals surface area contributed by atoms with E-state index in [4.69, 9.17) is 0 Å². The molecule has 2 N–H and O–H groups in total. The molecule has 0 saturated heterocycles. The van der Waals surface area contributed by atoms with Crippen LogP contribution >= 0.6 is 0 Å². The van der Waals surface area contributed by atoms with Crippen molar-refractivity contribution in [1.29, 1.82) is 0 Å². The first-order chi connectivity index (χ1) is 9.26. The van der Waals surface area contributed by atoms with E-state index in [1.807, 2.05) is 11.6 Å². The lowest BCUT2D eigenvalue weighted by Crippen LogP contribution is -2.28. The van der Waals surface area contributed by atoms with Gasteiger partial charge in [0.05, 0.1) is 12.1 Å². The number of para-hydroxylation sites is 1. The van der Waals surface area contributed by atoms with E-state index >= 15 is 0 Å². The molecule has 0 atom stereocenters. The normalized spacial score (nSPS) is 12.4. The highest BCUT2D eigenvalue weighted by Gasteiger charge is 2.28. The van der Waals surface area contributed by atoms with Gasteiger partial charge in [-0.15, -0.1) is 0 Å². The number of alkyl halides is 3. The van der Waals surface area contributed by atoms with E-state index < -0.39 is 29.2 Å². The predicted molar refractivity (Wildman–Crippen MR) is 71.1 cm³/mol. The molecule has 0 unspecified atom stereocenters. The van der Waals surface area contributed by atoms with Gasteiger partial charge in [-0.2, -0.15) is 13.2 Å². The first kappa shape index (κ1) is 16.8. The largest absolute Gasteiger partial charge is 0.390 e. The van der Waals surface area contributed by atoms with E-state index in [1.54, 1.807) is 12.1 Å². The first-order valence-electron chi connectivity index (χ1n) is 6.15. The molecule has 0 aromatic heterocycles. The summed E-state index contributed by atoms with van der Waals surface area (Å²) < 4.78 is 62.0. The van der Waals surface area contributed by atoms with Crippen LogP contribution in [-0.4, -0.2) is 27.7 Å². The fraction of sp³-hybridized carbons (Fsp3) is 0.500. The Morgan fingerprint density at radius 3 is 2.40 bits per heavy atom. The van der Waals surface area contributed by atoms with Crippen LogP contribution in [0.1, 0.15) is 19.8 Å². The molecule has 0 spiro atoms. The van der Waals surface area contributed by atoms with Gasteiger partial charge >= 0.3 is 6.18 Å². The molecular formula is C12H17F3N2O2S. The maximum atomic E-state index is 12.0. The minimum atomic E-state index is -4.39. The van der Waals surface area contributed by atoms with E-state index in [2.05, 4.69) is 5.32 Å². The second kappa shape index (κ2) is 6.94. The highest BCUT2D eigenvalue weighted by atomic mass is 32.2. The van der Waals surface area contributed by atoms with Crippen molar-refractivity contribution in [3.8, 4) is 0 Å². The molecule has 1 aromatic carbocycles. The van der Waals surface area contributed by atoms with Gasteiger partial charge in [0.15, 0.2) is 0 Å². The number of rotatable bonds is 7. The van der Waals surface area contributed by atoms with Gasteiger partial charge in [0.25, 0.3) is 0 Å². The second-order valence-corrected chi connectivity index (χ2v) is 5.92. The van der Waals surface area contributed by atoms with Crippen LogP contribution in [0.25, 0.3) is 0 Å². The minimum Gasteiger partial charge on any atom is -0.384 e. The van der Waals surface area contributed by atoms with E-state index in [9.17, 15) is 21.6 Å². The zero-order valence-corrected chi connectivity index (χ0v) is 11.8. The first-order valence-corrected chi connectivity index (χ1v) is 7.64. The third kappa shape index (κ3) is 5.38. The van der Waals surface area contributed by atoms with Crippen molar-refractivity contribution in [2.24, 2.45) is 0 Å². The number of nitrogens with one attached hydrogen (secondary N) is 2. The summed E-state index contributed by atoms with van der Waals surface area (Å²) in [6.07, 6.45) is -4.78. The summed E-state index contributed by atoms with van der Waals surface area (Å²) in [4.78, 5) is -0.0457. The van der Waals surface area contributed by atoms with Gasteiger partial charge in [0, 0.05) is 13.1 Å². The van der Waals surface area contributed by atoms with Crippen LogP contribution < -0.4 is 10.0 Å². The molecule has 0 amide bonds. The molecule has 0 fully saturated rings. The van der Waals surface area contributed by atoms with Gasteiger partial charge < -0.3 is 5.32 Å². The molecule has 4 nitrogen and oxygen atoms in total. The molecule has 1 rings (SSSR count). The SMILES string of the molecule is CCCNc1ccccc1S(=O)(=O)NCCC(F)(F)F. The van der Waals surface area contributed by atoms with Crippen molar-refractivity contribution in [2.75, 3.05) is 18.4 Å². The van der Waals surface area contributed by atoms with Crippen LogP contribution in [-0.2, 0) is 10.0 Å². The van der Waals surface area contributed by atoms with E-state index in [1.165, 1.54) is 12.1 Å². The molecule has 0 radical (unpaired) electrons. The van der Waals surface area contributed by atoms with Crippen molar-refractivity contribution in [3.63, 3.8) is 0 Å². The quantitative estimate of drug-likeness (QED) is 0.814. The Morgan fingerprint density at radius 1 is 1.15 bits per heavy atom. The Balaban J connectivity index is 2.81. The summed E-state index contributed by atoms with van der Waals surface area (Å²) in [5, 5.41) is 2.93. The van der Waals surface area contributed by atoms with Crippen molar-refractivity contribution in [2.45, 2.75) is 30.8 Å². The molecule has 114 valence electrons. The van der Waals surface area contributed by atoms with Crippen molar-refractivity contribution < 1.29 is 21.6 Å². The van der Waals surface area contributed by atoms with Gasteiger partial charge in [0.2, 0.25) is 10.0 Å². The molecule has 1 aromatic rings. The molecule has 0 bridgehead atoms. The number of hydrogen-bond acceptors (Lipinski definition) is 3. The number of benzene rings is 1. The lowest BCUT2D eigenvalue weighted by molar-refractivity contribution is -0.132. The Labute approximate surface area is 116 Å². The van der Waals surface area contributed by atoms with Crippen LogP contribution in [0, 0.1) is 0 Å². The number of anilines is 1. The zero-order valence-electron chi connectivity index (χ0n) is 11.0. The summed E-state index contributed by atoms with van der Waals surface area (Å²) in [5.41, 5.74) is 0.383. The summed E-state index contributed by atoms with van der Waals surface area (Å²) in [6.45, 7) is 1.83. The van der Waals surface area contributed by atoms with Gasteiger partial charge in [-0.05, 0) is 18.6 Å². The van der Waals surface area contributed by atoms with Crippen molar-refractivity contribution in [1.82, 2.24) is 4.72 Å². The fourth-order valence-corrected chi connectivity index (χ4v) is 2.73. The Morgan fingerprint density at radius 2 is 1.80 bits per heavy atom. The number of hydrogen-bond donors (Lipinski definition) is 2. The molecule has 20 heavy (non-hydrogen) atoms. The standard InChI is InChI=1S/C12H17F3N2O2S/c1-2-8-16-10-5-3-4-6-11(10)20(18,19)17-9-7-12(13,14)15/h3-6,16-17H,2,7-9H2,1H3. The van der Waals surface area contributed by atoms with Gasteiger partial charge in [-0.25, -0.2) is 13.1 Å². The summed E-state index contributed by atoms with van der Waals surface area (Å²) in [6, 6.07) is 6.12. The summed E-state index contributed by atoms with van der Waals surface area (Å²) in [7, 11) is -3.96. The highest BCUT2D eigenvalue weighted by Crippen LogP contribution is 2.22. The van der Waals surface area contributed by atoms with E-state index in [-0.39, 0.29) is 4.90 Å². The second-order valence-electron chi connectivity index (χ2n) is 4.19. The smallest absolute Gasteiger partial charge is 0.384 e. The molecular weight excluding hydrogens is 293 g/mol. The fourth-order valence-electron chi connectivity index (χ4n) is 1.51. The van der Waals surface area contributed by atoms with E-state index in [0.717, 1.165) is 6.42 Å². The van der Waals surface area contributed by atoms with Crippen molar-refractivity contribution >= 4 is 15.7 Å². The molecule has 0 aliphatic heterocycles. The van der Waals surface area contributed by atoms with Crippen LogP contribution in [0.3, 0.4) is 0 Å². The van der Waals surface area contributed by atoms with Gasteiger partial charge in [-0.3, -0.25) is 0 Å². The third-order valence-electron chi connectivity index (χ3n) is 2.44. The van der Waals surface area contributed by atoms with Crippen LogP contribution in [0.2, 0.25) is 0 Å². The highest BCUT2D eigenvalue weighted by molar-refractivity contribution is 7.89. The Hall–Kier alpha value is -1.28. The maximum absolute atomic E-state index is 12.0. The van der Waals surface area contributed by atoms with Crippen LogP contribution in [0.15, 0.2) is 29.2 Å². The number of sulfonamides is 1. The van der Waals surface area contributed by atoms with Crippen LogP contribution in [0.4, 0.5) is 18.9 Å². The Bertz CT molecular complexity index is 530. The zero-order chi connectivity index (χ0) is 15.2. The number of halogens is 3. The lowest BCUT2D eigenvalue weighted by Gasteiger charge is -2.13. The minimum absolute atomic E-state index is 0.0457. The topological polar surface area (TPSA) is 58.2 Å². The van der Waals surface area contributed by atoms with Gasteiger partial charge in [-0.1, -0.05) is 19.1 Å². The predicted octanol–water partition coefficient (Wildman–Crippen LogP) is 2.74. The molecule has 0 aliphatic carbocycles. The molecule has 0 saturated carbocycles. The summed E-state index contributed by atoms with van der Waals surface area (Å²) in [5.74, 6) is 0. The monoisotopic (exact) mass is 310 g/mol. The average molecular weight is 310 g/mol. The molecule has 0 heterocycles.